The molecular weight excluding hydrogens is 244 g/mol. The van der Waals surface area contributed by atoms with Gasteiger partial charge in [0, 0.05) is 11.6 Å². The zero-order chi connectivity index (χ0) is 13.5. The number of carbonyl (C=O) groups is 1. The first-order valence-corrected chi connectivity index (χ1v) is 6.48. The van der Waals surface area contributed by atoms with Gasteiger partial charge in [0.05, 0.1) is 13.2 Å². The van der Waals surface area contributed by atoms with Gasteiger partial charge in [0.25, 0.3) is 0 Å². The van der Waals surface area contributed by atoms with Gasteiger partial charge >= 0.3 is 5.97 Å². The fourth-order valence-corrected chi connectivity index (χ4v) is 2.08. The topological polar surface area (TPSA) is 55.8 Å². The van der Waals surface area contributed by atoms with E-state index in [4.69, 9.17) is 14.6 Å². The van der Waals surface area contributed by atoms with Gasteiger partial charge in [0.1, 0.15) is 0 Å². The summed E-state index contributed by atoms with van der Waals surface area (Å²) in [6, 6.07) is 7.98. The van der Waals surface area contributed by atoms with Crippen molar-refractivity contribution in [2.45, 2.75) is 25.6 Å². The molecule has 0 aromatic heterocycles. The zero-order valence-corrected chi connectivity index (χ0v) is 10.7. The lowest BCUT2D eigenvalue weighted by atomic mass is 10.0. The highest BCUT2D eigenvalue weighted by atomic mass is 16.7. The first-order chi connectivity index (χ1) is 9.27. The fourth-order valence-electron chi connectivity index (χ4n) is 2.08. The van der Waals surface area contributed by atoms with Crippen molar-refractivity contribution in [1.82, 2.24) is 0 Å². The number of rotatable bonds is 5. The minimum Gasteiger partial charge on any atom is -0.478 e. The van der Waals surface area contributed by atoms with Crippen molar-refractivity contribution in [2.75, 3.05) is 13.2 Å². The van der Waals surface area contributed by atoms with E-state index in [1.54, 1.807) is 6.08 Å². The molecule has 4 heteroatoms. The summed E-state index contributed by atoms with van der Waals surface area (Å²) in [6.07, 6.45) is 4.96. The number of benzene rings is 1. The summed E-state index contributed by atoms with van der Waals surface area (Å²) < 4.78 is 11.2. The van der Waals surface area contributed by atoms with Crippen LogP contribution in [-0.2, 0) is 20.7 Å². The van der Waals surface area contributed by atoms with E-state index in [-0.39, 0.29) is 6.29 Å². The normalized spacial score (nSPS) is 16.8. The van der Waals surface area contributed by atoms with Crippen LogP contribution in [0.15, 0.2) is 36.4 Å². The monoisotopic (exact) mass is 262 g/mol. The van der Waals surface area contributed by atoms with Crippen LogP contribution in [0.2, 0.25) is 0 Å². The van der Waals surface area contributed by atoms with Gasteiger partial charge in [0.15, 0.2) is 6.29 Å². The van der Waals surface area contributed by atoms with Gasteiger partial charge in [-0.1, -0.05) is 30.3 Å². The molecule has 1 heterocycles. The first-order valence-electron chi connectivity index (χ1n) is 6.48. The number of hydrogen-bond acceptors (Lipinski definition) is 3. The molecule has 0 saturated carbocycles. The summed E-state index contributed by atoms with van der Waals surface area (Å²) in [6.45, 7) is 1.44. The maximum Gasteiger partial charge on any atom is 0.327 e. The Morgan fingerprint density at radius 1 is 1.32 bits per heavy atom. The molecule has 0 atom stereocenters. The van der Waals surface area contributed by atoms with Gasteiger partial charge in [-0.25, -0.2) is 4.79 Å². The quantitative estimate of drug-likeness (QED) is 0.829. The summed E-state index contributed by atoms with van der Waals surface area (Å²) in [5.74, 6) is -0.910. The third-order valence-electron chi connectivity index (χ3n) is 2.98. The Balaban J connectivity index is 2.01. The molecule has 102 valence electrons. The van der Waals surface area contributed by atoms with Crippen LogP contribution in [-0.4, -0.2) is 24.3 Å². The van der Waals surface area contributed by atoms with Crippen LogP contribution in [0.1, 0.15) is 30.3 Å². The third-order valence-corrected chi connectivity index (χ3v) is 2.98. The SMILES string of the molecule is O=C(O)C=CCCc1ccccc1C1OCCCO1. The molecule has 0 radical (unpaired) electrons. The van der Waals surface area contributed by atoms with E-state index in [1.807, 2.05) is 24.3 Å². The Morgan fingerprint density at radius 3 is 2.79 bits per heavy atom. The number of carboxylic acid groups (broad SMARTS) is 1. The molecule has 1 fully saturated rings. The van der Waals surface area contributed by atoms with E-state index >= 15 is 0 Å². The van der Waals surface area contributed by atoms with Gasteiger partial charge < -0.3 is 14.6 Å². The number of ether oxygens (including phenoxy) is 2. The highest BCUT2D eigenvalue weighted by molar-refractivity contribution is 5.79. The minimum atomic E-state index is -0.910. The average Bonchev–Trinajstić information content (AvgIpc) is 2.45. The van der Waals surface area contributed by atoms with Crippen molar-refractivity contribution in [3.63, 3.8) is 0 Å². The molecule has 1 aromatic carbocycles. The van der Waals surface area contributed by atoms with E-state index in [2.05, 4.69) is 0 Å². The van der Waals surface area contributed by atoms with Gasteiger partial charge in [-0.3, -0.25) is 0 Å². The summed E-state index contributed by atoms with van der Waals surface area (Å²) in [4.78, 5) is 10.4. The largest absolute Gasteiger partial charge is 0.478 e. The zero-order valence-electron chi connectivity index (χ0n) is 10.7. The van der Waals surface area contributed by atoms with Crippen LogP contribution in [0.5, 0.6) is 0 Å². The van der Waals surface area contributed by atoms with Gasteiger partial charge in [0.2, 0.25) is 0 Å². The number of aryl methyl sites for hydroxylation is 1. The summed E-state index contributed by atoms with van der Waals surface area (Å²) in [5, 5.41) is 8.54. The third kappa shape index (κ3) is 4.19. The molecule has 1 N–H and O–H groups in total. The minimum absolute atomic E-state index is 0.284. The molecule has 0 bridgehead atoms. The Hall–Kier alpha value is -1.65. The number of allylic oxidation sites excluding steroid dienone is 1. The van der Waals surface area contributed by atoms with Crippen molar-refractivity contribution in [3.8, 4) is 0 Å². The van der Waals surface area contributed by atoms with Crippen molar-refractivity contribution >= 4 is 5.97 Å². The predicted molar refractivity (Wildman–Crippen MR) is 70.8 cm³/mol. The molecule has 2 rings (SSSR count). The fraction of sp³-hybridized carbons (Fsp3) is 0.400. The second-order valence-electron chi connectivity index (χ2n) is 4.41. The molecule has 4 nitrogen and oxygen atoms in total. The lowest BCUT2D eigenvalue weighted by molar-refractivity contribution is -0.183. The Bertz CT molecular complexity index is 447. The number of hydrogen-bond donors (Lipinski definition) is 1. The Morgan fingerprint density at radius 2 is 2.05 bits per heavy atom. The predicted octanol–water partition coefficient (Wildman–Crippen LogP) is 2.70. The molecule has 1 aromatic rings. The lowest BCUT2D eigenvalue weighted by Crippen LogP contribution is -2.18. The molecule has 19 heavy (non-hydrogen) atoms. The maximum absolute atomic E-state index is 10.4. The van der Waals surface area contributed by atoms with Gasteiger partial charge in [-0.15, -0.1) is 0 Å². The molecule has 1 aliphatic heterocycles. The molecule has 1 saturated heterocycles. The lowest BCUT2D eigenvalue weighted by Gasteiger charge is -2.25. The highest BCUT2D eigenvalue weighted by Gasteiger charge is 2.18. The number of aliphatic carboxylic acids is 1. The van der Waals surface area contributed by atoms with Crippen molar-refractivity contribution < 1.29 is 19.4 Å². The average molecular weight is 262 g/mol. The van der Waals surface area contributed by atoms with Crippen molar-refractivity contribution in [3.05, 3.63) is 47.5 Å². The summed E-state index contributed by atoms with van der Waals surface area (Å²) in [7, 11) is 0. The van der Waals surface area contributed by atoms with Crippen LogP contribution in [0.3, 0.4) is 0 Å². The van der Waals surface area contributed by atoms with Crippen molar-refractivity contribution in [1.29, 1.82) is 0 Å². The van der Waals surface area contributed by atoms with Crippen LogP contribution in [0.4, 0.5) is 0 Å². The smallest absolute Gasteiger partial charge is 0.327 e. The summed E-state index contributed by atoms with van der Waals surface area (Å²) in [5.41, 5.74) is 2.19. The Kier molecular flexibility index (Phi) is 5.12. The van der Waals surface area contributed by atoms with E-state index in [9.17, 15) is 4.79 Å². The molecule has 0 spiro atoms. The van der Waals surface area contributed by atoms with Crippen LogP contribution in [0.25, 0.3) is 0 Å². The van der Waals surface area contributed by atoms with Gasteiger partial charge in [-0.05, 0) is 24.8 Å². The molecular formula is C15H18O4. The van der Waals surface area contributed by atoms with E-state index in [1.165, 1.54) is 6.08 Å². The highest BCUT2D eigenvalue weighted by Crippen LogP contribution is 2.26. The molecule has 0 aliphatic carbocycles. The second kappa shape index (κ2) is 7.07. The Labute approximate surface area is 112 Å². The molecule has 0 unspecified atom stereocenters. The first kappa shape index (κ1) is 13.8. The van der Waals surface area contributed by atoms with E-state index in [0.717, 1.165) is 37.2 Å². The van der Waals surface area contributed by atoms with Crippen LogP contribution >= 0.6 is 0 Å². The van der Waals surface area contributed by atoms with Crippen LogP contribution in [0, 0.1) is 0 Å². The van der Waals surface area contributed by atoms with E-state index < -0.39 is 5.97 Å². The molecule has 1 aliphatic rings. The standard InChI is InChI=1S/C15H18O4/c16-14(17)9-4-2-7-12-6-1-3-8-13(12)15-18-10-5-11-19-15/h1,3-4,6,8-9,15H,2,5,7,10-11H2,(H,16,17). The summed E-state index contributed by atoms with van der Waals surface area (Å²) >= 11 is 0. The second-order valence-corrected chi connectivity index (χ2v) is 4.41. The van der Waals surface area contributed by atoms with Gasteiger partial charge in [-0.2, -0.15) is 0 Å². The van der Waals surface area contributed by atoms with E-state index in [0.29, 0.717) is 6.42 Å². The van der Waals surface area contributed by atoms with Crippen LogP contribution < -0.4 is 0 Å². The maximum atomic E-state index is 10.4. The van der Waals surface area contributed by atoms with Crippen molar-refractivity contribution in [2.24, 2.45) is 0 Å². The number of carboxylic acids is 1. The molecule has 0 amide bonds.